The van der Waals surface area contributed by atoms with Crippen LogP contribution < -0.4 is 14.7 Å². The van der Waals surface area contributed by atoms with Gasteiger partial charge in [-0.05, 0) is 44.6 Å². The zero-order chi connectivity index (χ0) is 24.4. The Morgan fingerprint density at radius 3 is 2.31 bits per heavy atom. The number of benzene rings is 1. The number of morpholine rings is 1. The molecule has 3 aromatic rings. The fourth-order valence-corrected chi connectivity index (χ4v) is 4.97. The number of anilines is 3. The van der Waals surface area contributed by atoms with Gasteiger partial charge in [0.1, 0.15) is 17.4 Å². The summed E-state index contributed by atoms with van der Waals surface area (Å²) in [5.41, 5.74) is 2.72. The molecule has 0 bridgehead atoms. The Morgan fingerprint density at radius 1 is 0.914 bits per heavy atom. The maximum Gasteiger partial charge on any atom is 0.228 e. The molecule has 0 aliphatic carbocycles. The second-order valence-electron chi connectivity index (χ2n) is 9.51. The lowest BCUT2D eigenvalue weighted by atomic mass is 10.0. The summed E-state index contributed by atoms with van der Waals surface area (Å²) >= 11 is 6.08. The van der Waals surface area contributed by atoms with Gasteiger partial charge < -0.3 is 24.3 Å². The molecule has 1 aromatic carbocycles. The number of hydrogen-bond donors (Lipinski definition) is 0. The molecule has 2 aliphatic rings. The van der Waals surface area contributed by atoms with Gasteiger partial charge in [0, 0.05) is 50.8 Å². The lowest BCUT2D eigenvalue weighted by Gasteiger charge is -2.36. The first kappa shape index (κ1) is 24.0. The van der Waals surface area contributed by atoms with Gasteiger partial charge in [0.05, 0.1) is 13.2 Å². The van der Waals surface area contributed by atoms with E-state index >= 15 is 0 Å². The number of hydrogen-bond acceptors (Lipinski definition) is 9. The van der Waals surface area contributed by atoms with E-state index in [-0.39, 0.29) is 0 Å². The first-order valence-corrected chi connectivity index (χ1v) is 12.6. The van der Waals surface area contributed by atoms with Crippen LogP contribution in [0.25, 0.3) is 11.0 Å². The first-order chi connectivity index (χ1) is 17.0. The van der Waals surface area contributed by atoms with Crippen molar-refractivity contribution in [1.82, 2.24) is 24.8 Å². The number of fused-ring (bicyclic) bond motifs is 1. The summed E-state index contributed by atoms with van der Waals surface area (Å²) in [6.07, 6.45) is 3.80. The van der Waals surface area contributed by atoms with E-state index in [1.165, 1.54) is 0 Å². The number of rotatable bonds is 6. The van der Waals surface area contributed by atoms with Crippen molar-refractivity contribution in [3.8, 4) is 0 Å². The Morgan fingerprint density at radius 2 is 1.63 bits per heavy atom. The predicted molar refractivity (Wildman–Crippen MR) is 141 cm³/mol. The molecule has 186 valence electrons. The number of halogens is 1. The molecule has 0 N–H and O–H groups in total. The van der Waals surface area contributed by atoms with Gasteiger partial charge in [0.2, 0.25) is 5.95 Å². The highest BCUT2D eigenvalue weighted by atomic mass is 35.5. The number of piperidine rings is 1. The highest BCUT2D eigenvalue weighted by molar-refractivity contribution is 6.30. The monoisotopic (exact) mass is 496 g/mol. The molecule has 5 rings (SSSR count). The van der Waals surface area contributed by atoms with Gasteiger partial charge in [-0.3, -0.25) is 0 Å². The van der Waals surface area contributed by atoms with E-state index in [4.69, 9.17) is 26.3 Å². The zero-order valence-electron chi connectivity index (χ0n) is 20.7. The summed E-state index contributed by atoms with van der Waals surface area (Å²) in [5, 5.41) is 0.731. The van der Waals surface area contributed by atoms with Crippen molar-refractivity contribution in [1.29, 1.82) is 0 Å². The van der Waals surface area contributed by atoms with E-state index < -0.39 is 0 Å². The van der Waals surface area contributed by atoms with Crippen molar-refractivity contribution < 1.29 is 4.74 Å². The molecule has 10 heteroatoms. The van der Waals surface area contributed by atoms with Crippen LogP contribution in [0.3, 0.4) is 0 Å². The molecule has 2 aromatic heterocycles. The standard InChI is InChI=1S/C25H33ClN8O/c1-31(2)20-8-10-34(11-9-20)25-29-22-21(24(30-25)33-12-14-35-15-13-33)27-17-28-23(22)32(3)16-18-4-6-19(26)7-5-18/h4-7,17,20H,8-16H2,1-3H3. The molecule has 2 aliphatic heterocycles. The van der Waals surface area contributed by atoms with Gasteiger partial charge in [0.15, 0.2) is 11.6 Å². The minimum atomic E-state index is 0.592. The van der Waals surface area contributed by atoms with Gasteiger partial charge in [-0.2, -0.15) is 4.98 Å². The molecular formula is C25H33ClN8O. The third-order valence-corrected chi connectivity index (χ3v) is 7.17. The maximum absolute atomic E-state index is 6.08. The van der Waals surface area contributed by atoms with Crippen LogP contribution in [0.2, 0.25) is 5.02 Å². The van der Waals surface area contributed by atoms with Gasteiger partial charge in [-0.1, -0.05) is 23.7 Å². The van der Waals surface area contributed by atoms with Crippen LogP contribution >= 0.6 is 11.6 Å². The van der Waals surface area contributed by atoms with Gasteiger partial charge >= 0.3 is 0 Å². The molecule has 0 spiro atoms. The number of aromatic nitrogens is 4. The molecule has 0 saturated carbocycles. The van der Waals surface area contributed by atoms with Crippen LogP contribution in [0.15, 0.2) is 30.6 Å². The Labute approximate surface area is 211 Å². The van der Waals surface area contributed by atoms with Crippen molar-refractivity contribution in [2.45, 2.75) is 25.4 Å². The highest BCUT2D eigenvalue weighted by Crippen LogP contribution is 2.31. The fraction of sp³-hybridized carbons (Fsp3) is 0.520. The second kappa shape index (κ2) is 10.5. The van der Waals surface area contributed by atoms with Crippen LogP contribution in [0.4, 0.5) is 17.6 Å². The molecule has 9 nitrogen and oxygen atoms in total. The quantitative estimate of drug-likeness (QED) is 0.511. The summed E-state index contributed by atoms with van der Waals surface area (Å²) < 4.78 is 5.60. The molecule has 4 heterocycles. The van der Waals surface area contributed by atoms with Gasteiger partial charge in [-0.15, -0.1) is 0 Å². The lowest BCUT2D eigenvalue weighted by Crippen LogP contribution is -2.43. The van der Waals surface area contributed by atoms with E-state index in [0.717, 1.165) is 78.2 Å². The Bertz CT molecular complexity index is 1140. The lowest BCUT2D eigenvalue weighted by molar-refractivity contribution is 0.122. The summed E-state index contributed by atoms with van der Waals surface area (Å²) in [6, 6.07) is 8.50. The van der Waals surface area contributed by atoms with Crippen molar-refractivity contribution >= 4 is 40.2 Å². The molecule has 2 saturated heterocycles. The number of nitrogens with zero attached hydrogens (tertiary/aromatic N) is 8. The molecule has 35 heavy (non-hydrogen) atoms. The zero-order valence-corrected chi connectivity index (χ0v) is 21.4. The van der Waals surface area contributed by atoms with E-state index in [2.05, 4.69) is 43.7 Å². The van der Waals surface area contributed by atoms with Gasteiger partial charge in [-0.25, -0.2) is 15.0 Å². The molecule has 0 atom stereocenters. The van der Waals surface area contributed by atoms with E-state index in [9.17, 15) is 0 Å². The summed E-state index contributed by atoms with van der Waals surface area (Å²) in [4.78, 5) is 28.4. The SMILES string of the molecule is CN(Cc1ccc(Cl)cc1)c1ncnc2c(N3CCOCC3)nc(N3CCC(N(C)C)CC3)nc12. The van der Waals surface area contributed by atoms with Crippen LogP contribution in [0.1, 0.15) is 18.4 Å². The van der Waals surface area contributed by atoms with Crippen LogP contribution in [0.5, 0.6) is 0 Å². The minimum absolute atomic E-state index is 0.592. The van der Waals surface area contributed by atoms with Crippen LogP contribution in [-0.4, -0.2) is 91.4 Å². The maximum atomic E-state index is 6.08. The summed E-state index contributed by atoms with van der Waals surface area (Å²) in [6.45, 7) is 5.49. The average Bonchev–Trinajstić information content (AvgIpc) is 2.89. The highest BCUT2D eigenvalue weighted by Gasteiger charge is 2.26. The number of ether oxygens (including phenoxy) is 1. The normalized spacial score (nSPS) is 17.4. The average molecular weight is 497 g/mol. The minimum Gasteiger partial charge on any atom is -0.378 e. The first-order valence-electron chi connectivity index (χ1n) is 12.2. The van der Waals surface area contributed by atoms with Gasteiger partial charge in [0.25, 0.3) is 0 Å². The molecular weight excluding hydrogens is 464 g/mol. The van der Waals surface area contributed by atoms with Crippen molar-refractivity contribution in [3.05, 3.63) is 41.2 Å². The van der Waals surface area contributed by atoms with Crippen LogP contribution in [0, 0.1) is 0 Å². The molecule has 2 fully saturated rings. The van der Waals surface area contributed by atoms with Crippen molar-refractivity contribution in [2.75, 3.05) is 75.2 Å². The summed E-state index contributed by atoms with van der Waals surface area (Å²) in [5.74, 6) is 2.42. The van der Waals surface area contributed by atoms with Crippen molar-refractivity contribution in [3.63, 3.8) is 0 Å². The second-order valence-corrected chi connectivity index (χ2v) is 9.94. The van der Waals surface area contributed by atoms with E-state index in [1.54, 1.807) is 6.33 Å². The molecule has 0 radical (unpaired) electrons. The fourth-order valence-electron chi connectivity index (χ4n) is 4.85. The largest absolute Gasteiger partial charge is 0.378 e. The Balaban J connectivity index is 1.53. The van der Waals surface area contributed by atoms with Crippen molar-refractivity contribution in [2.24, 2.45) is 0 Å². The topological polar surface area (TPSA) is 73.8 Å². The Hall–Kier alpha value is -2.75. The third-order valence-electron chi connectivity index (χ3n) is 6.92. The third kappa shape index (κ3) is 5.27. The smallest absolute Gasteiger partial charge is 0.228 e. The molecule has 0 amide bonds. The summed E-state index contributed by atoms with van der Waals surface area (Å²) in [7, 11) is 6.35. The van der Waals surface area contributed by atoms with Crippen LogP contribution in [-0.2, 0) is 11.3 Å². The van der Waals surface area contributed by atoms with E-state index in [1.807, 2.05) is 31.3 Å². The Kier molecular flexibility index (Phi) is 7.17. The van der Waals surface area contributed by atoms with E-state index in [0.29, 0.717) is 25.8 Å². The molecule has 0 unspecified atom stereocenters. The predicted octanol–water partition coefficient (Wildman–Crippen LogP) is 3.08.